The van der Waals surface area contributed by atoms with Gasteiger partial charge in [0.1, 0.15) is 0 Å². The third-order valence-corrected chi connectivity index (χ3v) is 1.16. The van der Waals surface area contributed by atoms with Crippen molar-refractivity contribution in [3.05, 3.63) is 16.7 Å². The van der Waals surface area contributed by atoms with E-state index in [1.54, 1.807) is 16.2 Å². The zero-order chi connectivity index (χ0) is 9.56. The normalized spacial score (nSPS) is 15.7. The highest BCUT2D eigenvalue weighted by atomic mass is 31.0. The van der Waals surface area contributed by atoms with Crippen LogP contribution in [0.4, 0.5) is 4.39 Å². The molecule has 0 radical (unpaired) electrons. The van der Waals surface area contributed by atoms with Crippen molar-refractivity contribution in [2.24, 2.45) is 10.2 Å². The fourth-order valence-corrected chi connectivity index (χ4v) is 0.714. The topological polar surface area (TPSA) is 51.0 Å². The molecule has 0 spiro atoms. The minimum atomic E-state index is -1.56. The third-order valence-electron chi connectivity index (χ3n) is 1.02. The van der Waals surface area contributed by atoms with Gasteiger partial charge < -0.3 is 4.74 Å². The maximum absolute atomic E-state index is 12.3. The second kappa shape index (κ2) is 5.77. The summed E-state index contributed by atoms with van der Waals surface area (Å²) in [7, 11) is 3.16. The number of rotatable bonds is 3. The van der Waals surface area contributed by atoms with Gasteiger partial charge in [0.05, 0.1) is 0 Å². The van der Waals surface area contributed by atoms with Crippen molar-refractivity contribution in [2.75, 3.05) is 7.05 Å². The van der Waals surface area contributed by atoms with Gasteiger partial charge in [0, 0.05) is 7.05 Å². The Bertz CT molecular complexity index is 216. The molecule has 0 aliphatic carbocycles. The molecule has 2 unspecified atom stereocenters. The van der Waals surface area contributed by atoms with E-state index in [1.807, 2.05) is 0 Å². The van der Waals surface area contributed by atoms with E-state index in [0.29, 0.717) is 0 Å². The van der Waals surface area contributed by atoms with Gasteiger partial charge in [-0.2, -0.15) is 4.39 Å². The summed E-state index contributed by atoms with van der Waals surface area (Å²) in [4.78, 5) is 13.6. The van der Waals surface area contributed by atoms with Crippen LogP contribution in [-0.4, -0.2) is 19.0 Å². The quantitative estimate of drug-likeness (QED) is 0.225. The van der Waals surface area contributed by atoms with Gasteiger partial charge in [-0.05, 0) is 18.2 Å². The van der Waals surface area contributed by atoms with Crippen LogP contribution in [0.15, 0.2) is 22.0 Å². The Morgan fingerprint density at radius 3 is 2.58 bits per heavy atom. The van der Waals surface area contributed by atoms with Crippen LogP contribution in [0.25, 0.3) is 0 Å². The monoisotopic (exact) mass is 192 g/mol. The van der Waals surface area contributed by atoms with Gasteiger partial charge in [0.15, 0.2) is 5.76 Å². The van der Waals surface area contributed by atoms with E-state index in [2.05, 4.69) is 14.9 Å². The smallest absolute Gasteiger partial charge is 0.249 e. The van der Waals surface area contributed by atoms with E-state index in [4.69, 9.17) is 0 Å². The van der Waals surface area contributed by atoms with Gasteiger partial charge in [-0.1, -0.05) is 9.24 Å². The number of nitroso groups, excluding NO2 is 1. The van der Waals surface area contributed by atoms with E-state index < -0.39 is 6.10 Å². The van der Waals surface area contributed by atoms with Gasteiger partial charge in [-0.3, -0.25) is 4.99 Å². The lowest BCUT2D eigenvalue weighted by atomic mass is 10.4. The van der Waals surface area contributed by atoms with Crippen molar-refractivity contribution >= 4 is 15.1 Å². The molecular weight excluding hydrogens is 182 g/mol. The van der Waals surface area contributed by atoms with E-state index in [1.165, 1.54) is 13.1 Å². The van der Waals surface area contributed by atoms with E-state index in [-0.39, 0.29) is 11.6 Å². The van der Waals surface area contributed by atoms with Crippen LogP contribution >= 0.6 is 9.24 Å². The van der Waals surface area contributed by atoms with Crippen molar-refractivity contribution in [1.29, 1.82) is 0 Å². The van der Waals surface area contributed by atoms with Crippen LogP contribution < -0.4 is 0 Å². The average molecular weight is 192 g/mol. The second-order valence-corrected chi connectivity index (χ2v) is 2.28. The van der Waals surface area contributed by atoms with Gasteiger partial charge in [0.25, 0.3) is 0 Å². The maximum Gasteiger partial charge on any atom is 0.249 e. The minimum absolute atomic E-state index is 0.0370. The van der Waals surface area contributed by atoms with E-state index in [9.17, 15) is 9.30 Å². The summed E-state index contributed by atoms with van der Waals surface area (Å²) in [5.74, 6) is -0.113. The number of nitrogens with zero attached hydrogens (tertiary/aromatic N) is 2. The highest BCUT2D eigenvalue weighted by molar-refractivity contribution is 7.16. The molecule has 0 aromatic rings. The van der Waals surface area contributed by atoms with E-state index >= 15 is 0 Å². The Balaban J connectivity index is 4.46. The van der Waals surface area contributed by atoms with Gasteiger partial charge >= 0.3 is 0 Å². The summed E-state index contributed by atoms with van der Waals surface area (Å²) in [6.45, 7) is 1.60. The average Bonchev–Trinajstić information content (AvgIpc) is 2.04. The fourth-order valence-electron chi connectivity index (χ4n) is 0.567. The lowest BCUT2D eigenvalue weighted by molar-refractivity contribution is 0.0922. The van der Waals surface area contributed by atoms with Crippen LogP contribution in [0.2, 0.25) is 0 Å². The Kier molecular flexibility index (Phi) is 5.37. The maximum atomic E-state index is 12.3. The number of aliphatic imine (C=N–C) groups is 1. The number of hydrogen-bond donors (Lipinski definition) is 0. The molecular formula is C6H10FN2O2P. The molecule has 0 aliphatic heterocycles. The van der Waals surface area contributed by atoms with Crippen molar-refractivity contribution < 1.29 is 9.13 Å². The summed E-state index contributed by atoms with van der Waals surface area (Å²) >= 11 is 0. The summed E-state index contributed by atoms with van der Waals surface area (Å²) in [5, 5.41) is 2.56. The highest BCUT2D eigenvalue weighted by Gasteiger charge is 2.10. The fraction of sp³-hybridized carbons (Fsp3) is 0.500. The van der Waals surface area contributed by atoms with Crippen molar-refractivity contribution in [3.63, 3.8) is 0 Å². The summed E-state index contributed by atoms with van der Waals surface area (Å²) in [6, 6.07) is 0. The SMILES string of the molecule is C/C=C(/OC(F)P)C(N=O)=NC. The molecule has 0 aliphatic rings. The summed E-state index contributed by atoms with van der Waals surface area (Å²) < 4.78 is 16.8. The first kappa shape index (κ1) is 11.2. The zero-order valence-corrected chi connectivity index (χ0v) is 7.98. The summed E-state index contributed by atoms with van der Waals surface area (Å²) in [6.07, 6.45) is -0.143. The Morgan fingerprint density at radius 2 is 2.33 bits per heavy atom. The van der Waals surface area contributed by atoms with Crippen LogP contribution in [-0.2, 0) is 4.74 Å². The van der Waals surface area contributed by atoms with Crippen molar-refractivity contribution in [2.45, 2.75) is 13.0 Å². The van der Waals surface area contributed by atoms with Crippen molar-refractivity contribution in [3.8, 4) is 0 Å². The Morgan fingerprint density at radius 1 is 1.75 bits per heavy atom. The van der Waals surface area contributed by atoms with Gasteiger partial charge in [0.2, 0.25) is 11.9 Å². The first-order valence-electron chi connectivity index (χ1n) is 3.18. The molecule has 0 saturated heterocycles. The molecule has 12 heavy (non-hydrogen) atoms. The summed E-state index contributed by atoms with van der Waals surface area (Å²) in [5.41, 5.74) is 0. The Labute approximate surface area is 72.1 Å². The number of alkyl halides is 1. The standard InChI is InChI=1S/C6H10FN2O2P/c1-3-4(11-6(7)12)5(8-2)9-10/h3,6H,12H2,1-2H3/b4-3+,8-5?. The molecule has 0 amide bonds. The molecule has 0 N–H and O–H groups in total. The molecule has 68 valence electrons. The minimum Gasteiger partial charge on any atom is -0.454 e. The lowest BCUT2D eigenvalue weighted by Gasteiger charge is -2.07. The van der Waals surface area contributed by atoms with Crippen LogP contribution in [0, 0.1) is 4.91 Å². The van der Waals surface area contributed by atoms with Crippen LogP contribution in [0.3, 0.4) is 0 Å². The first-order chi connectivity index (χ1) is 5.65. The van der Waals surface area contributed by atoms with Crippen LogP contribution in [0.1, 0.15) is 6.92 Å². The second-order valence-electron chi connectivity index (χ2n) is 1.76. The predicted molar refractivity (Wildman–Crippen MR) is 48.6 cm³/mol. The van der Waals surface area contributed by atoms with E-state index in [0.717, 1.165) is 0 Å². The van der Waals surface area contributed by atoms with Crippen molar-refractivity contribution in [1.82, 2.24) is 0 Å². The molecule has 6 heteroatoms. The number of amidine groups is 1. The molecule has 0 heterocycles. The molecule has 0 fully saturated rings. The number of hydrogen-bond acceptors (Lipinski definition) is 3. The largest absolute Gasteiger partial charge is 0.454 e. The first-order valence-corrected chi connectivity index (χ1v) is 3.85. The third kappa shape index (κ3) is 3.53. The number of ether oxygens (including phenoxy) is 1. The Hall–Kier alpha value is -0.830. The predicted octanol–water partition coefficient (Wildman–Crippen LogP) is 1.83. The molecule has 2 atom stereocenters. The lowest BCUT2D eigenvalue weighted by Crippen LogP contribution is -2.06. The highest BCUT2D eigenvalue weighted by Crippen LogP contribution is 2.11. The molecule has 4 nitrogen and oxygen atoms in total. The molecule has 0 aromatic carbocycles. The molecule has 0 saturated carbocycles. The van der Waals surface area contributed by atoms with Crippen LogP contribution in [0.5, 0.6) is 0 Å². The van der Waals surface area contributed by atoms with Gasteiger partial charge in [-0.25, -0.2) is 0 Å². The number of halogens is 1. The molecule has 0 aromatic heterocycles. The molecule has 0 rings (SSSR count). The van der Waals surface area contributed by atoms with Gasteiger partial charge in [-0.15, -0.1) is 4.91 Å². The number of allylic oxidation sites excluding steroid dienone is 1. The zero-order valence-electron chi connectivity index (χ0n) is 6.82. The molecule has 0 bridgehead atoms.